The molecule has 494 valence electrons. The smallest absolute Gasteiger partial charge is 0.215 e. The molecule has 6 fully saturated rings. The number of anilines is 4. The summed E-state index contributed by atoms with van der Waals surface area (Å²) in [6, 6.07) is 0. The summed E-state index contributed by atoms with van der Waals surface area (Å²) in [6.45, 7) is 34.7. The Morgan fingerprint density at radius 1 is 0.584 bits per heavy atom. The van der Waals surface area contributed by atoms with Gasteiger partial charge in [-0.3, -0.25) is 30.0 Å². The van der Waals surface area contributed by atoms with Crippen LogP contribution in [0.15, 0.2) is 28.5 Å². The van der Waals surface area contributed by atoms with Crippen molar-refractivity contribution in [3.8, 4) is 0 Å². The number of nitrogens with one attached hydrogen (secondary N) is 5. The molecule has 0 amide bonds. The van der Waals surface area contributed by atoms with Crippen molar-refractivity contribution in [3.63, 3.8) is 0 Å². The number of fused-ring (bicyclic) bond motifs is 16. The predicted octanol–water partition coefficient (Wildman–Crippen LogP) is 13.9. The van der Waals surface area contributed by atoms with Crippen LogP contribution in [-0.4, -0.2) is 61.1 Å². The average molecular weight is 1620 g/mol. The van der Waals surface area contributed by atoms with Gasteiger partial charge in [0.2, 0.25) is 32.2 Å². The minimum Gasteiger partial charge on any atom is -0.368 e. The molecule has 6 saturated carbocycles. The standard InChI is InChI=1S/C33H49N7OS.C31H46ClN3O.C2H4N4S.CH4.I3/c1-28(2)12-14-33(25(41)42-27-36-26(35)39-40-27)15-13-31(6)19(20(33)17-28)8-9-22-30(5)16-18-23(37-38-24(18)34)29(3,4)21(30)10-11-32(22,31)7;1-26(2)12-14-31(25(32)36)15-13-29(6)19(20(31)17-26)8-9-22-28(5)16-18-23(34-35-24(18)33)27(3,4)21(28)10-11-30(22,29)7;3-1-4-2(7)6-5-1;;1-3-2/h8,20-22H,9-17H2,1-7H3,(H3,34,37,38)(H3,35,36,39,40);8,20-22H,9-17H2,1-7H3,(H3,33,34,35);(H4,3,4,5,6,7);1H4;/q;;;;-1/t20?,21?,22?,30-,31+,32+,33-;20?,21?,22?,28-,29+,30+,31-;;;/m00.../s1. The second-order valence-corrected chi connectivity index (χ2v) is 51.2. The van der Waals surface area contributed by atoms with E-state index in [4.69, 9.17) is 34.5 Å². The summed E-state index contributed by atoms with van der Waals surface area (Å²) in [7, 11) is 0. The molecule has 89 heavy (non-hydrogen) atoms. The number of halogens is 4. The Balaban J connectivity index is 0.000000170. The number of carbonyl (C=O) groups is 2. The van der Waals surface area contributed by atoms with Gasteiger partial charge in [-0.15, -0.1) is 5.10 Å². The van der Waals surface area contributed by atoms with Crippen molar-refractivity contribution in [2.24, 2.45) is 89.7 Å². The molecule has 14 atom stereocenters. The molecular formula is C67H103ClI3N14O2S2-. The first-order valence-electron chi connectivity index (χ1n) is 32.4. The number of rotatable bonds is 3. The van der Waals surface area contributed by atoms with Crippen LogP contribution in [0.25, 0.3) is 0 Å². The molecule has 13 N–H and O–H groups in total. The molecule has 4 heterocycles. The first-order chi connectivity index (χ1) is 40.9. The van der Waals surface area contributed by atoms with Crippen LogP contribution in [0.3, 0.4) is 0 Å². The van der Waals surface area contributed by atoms with Crippen molar-refractivity contribution in [1.82, 2.24) is 50.8 Å². The number of nitrogen functional groups attached to an aromatic ring is 4. The van der Waals surface area contributed by atoms with Crippen LogP contribution in [0.5, 0.6) is 0 Å². The van der Waals surface area contributed by atoms with E-state index in [-0.39, 0.29) is 101 Å². The summed E-state index contributed by atoms with van der Waals surface area (Å²) >= 11 is 17.5. The Labute approximate surface area is 573 Å². The van der Waals surface area contributed by atoms with Crippen molar-refractivity contribution < 1.29 is 22.8 Å². The second kappa shape index (κ2) is 23.6. The average Bonchev–Trinajstić information content (AvgIpc) is 1.23. The molecule has 22 heteroatoms. The van der Waals surface area contributed by atoms with E-state index in [1.165, 1.54) is 60.0 Å². The Hall–Kier alpha value is -2.23. The molecule has 0 spiro atoms. The van der Waals surface area contributed by atoms with Gasteiger partial charge in [0.15, 0.2) is 0 Å². The van der Waals surface area contributed by atoms with Gasteiger partial charge < -0.3 is 22.9 Å². The van der Waals surface area contributed by atoms with Gasteiger partial charge in [-0.1, -0.05) is 128 Å². The zero-order valence-corrected chi connectivity index (χ0v) is 63.4. The Morgan fingerprint density at radius 2 is 1.01 bits per heavy atom. The Morgan fingerprint density at radius 3 is 1.40 bits per heavy atom. The number of hydrogen-bond donors (Lipinski definition) is 9. The second-order valence-electron chi connectivity index (χ2n) is 33.2. The van der Waals surface area contributed by atoms with Gasteiger partial charge in [-0.2, -0.15) is 20.2 Å². The third-order valence-electron chi connectivity index (χ3n) is 27.7. The predicted molar refractivity (Wildman–Crippen MR) is 377 cm³/mol. The molecule has 0 bridgehead atoms. The zero-order valence-electron chi connectivity index (χ0n) is 54.5. The zero-order chi connectivity index (χ0) is 64.2. The molecule has 14 rings (SSSR count). The monoisotopic (exact) mass is 1620 g/mol. The maximum Gasteiger partial charge on any atom is 0.215 e. The van der Waals surface area contributed by atoms with Crippen molar-refractivity contribution in [2.75, 3.05) is 22.9 Å². The van der Waals surface area contributed by atoms with E-state index in [2.05, 4.69) is 209 Å². The van der Waals surface area contributed by atoms with Gasteiger partial charge in [0.25, 0.3) is 0 Å². The molecule has 4 aromatic rings. The van der Waals surface area contributed by atoms with Gasteiger partial charge in [0, 0.05) is 38.8 Å². The summed E-state index contributed by atoms with van der Waals surface area (Å²) in [5.41, 5.74) is 32.6. The molecule has 4 aromatic heterocycles. The molecule has 0 saturated heterocycles. The van der Waals surface area contributed by atoms with E-state index in [1.807, 2.05) is 0 Å². The number of hydrogen-bond acceptors (Lipinski definition) is 13. The van der Waals surface area contributed by atoms with Gasteiger partial charge in [-0.25, -0.2) is 5.10 Å². The number of nitrogens with two attached hydrogens (primary N) is 4. The molecule has 10 aliphatic carbocycles. The number of allylic oxidation sites excluding steroid dienone is 4. The molecule has 10 aliphatic rings. The SMILES string of the molecule is C.CC1(C)CC[C@]2(C(=O)Cl)CC[C@]3(C)C(=CCC4[C@@]5(C)Cc6c(N)n[nH]c6C(C)(C)C5CC[C@]43C)C2C1.CC1(C)CC[C@]2(C(=O)Sc3n[nH]c(N)n3)CC[C@]3(C)C(=CCC4[C@@]5(C)Cc6c(N)n[nH]c6C(C)(C)C5CC[C@]43C)C2C1.I[I-]I.Nc1nc(=S)[nH][nH]1. The third-order valence-corrected chi connectivity index (χ3v) is 29.3. The molecular weight excluding hydrogens is 1510 g/mol. The first-order valence-corrected chi connectivity index (χ1v) is 46.5. The van der Waals surface area contributed by atoms with Gasteiger partial charge in [0.05, 0.1) is 5.41 Å². The summed E-state index contributed by atoms with van der Waals surface area (Å²) in [6.07, 6.45) is 24.5. The van der Waals surface area contributed by atoms with E-state index in [0.717, 1.165) is 89.9 Å². The normalized spacial score (nSPS) is 39.2. The summed E-state index contributed by atoms with van der Waals surface area (Å²) in [5, 5.41) is 28.1. The molecule has 0 radical (unpaired) electrons. The van der Waals surface area contributed by atoms with E-state index >= 15 is 0 Å². The third kappa shape index (κ3) is 10.6. The molecule has 0 aliphatic heterocycles. The topological polar surface area (TPSA) is 282 Å². The number of carbonyl (C=O) groups excluding carboxylic acids is 2. The fourth-order valence-electron chi connectivity index (χ4n) is 22.9. The number of H-pyrrole nitrogens is 5. The Kier molecular flexibility index (Phi) is 18.4. The minimum atomic E-state index is -0.377. The minimum absolute atomic E-state index is 0. The Bertz CT molecular complexity index is 3510. The van der Waals surface area contributed by atoms with Crippen LogP contribution in [0.2, 0.25) is 0 Å². The van der Waals surface area contributed by atoms with Crippen LogP contribution < -0.4 is 36.2 Å². The number of aromatic amines is 5. The van der Waals surface area contributed by atoms with Crippen molar-refractivity contribution in [2.45, 2.75) is 236 Å². The van der Waals surface area contributed by atoms with Crippen molar-refractivity contribution in [3.05, 3.63) is 50.6 Å². The van der Waals surface area contributed by atoms with E-state index in [0.29, 0.717) is 64.4 Å². The molecule has 6 unspecified atom stereocenters. The van der Waals surface area contributed by atoms with Crippen molar-refractivity contribution in [1.29, 1.82) is 0 Å². The van der Waals surface area contributed by atoms with Gasteiger partial charge >= 0.3 is 50.5 Å². The van der Waals surface area contributed by atoms with E-state index in [1.54, 1.807) is 11.1 Å². The summed E-state index contributed by atoms with van der Waals surface area (Å²) < 4.78 is 0.387. The van der Waals surface area contributed by atoms with Crippen LogP contribution in [-0.2, 0) is 33.3 Å². The summed E-state index contributed by atoms with van der Waals surface area (Å²) in [5.74, 6) is 4.77. The number of nitrogens with zero attached hydrogens (tertiary/aromatic N) is 5. The fourth-order valence-corrected chi connectivity index (χ4v) is 24.3. The van der Waals surface area contributed by atoms with Crippen LogP contribution >= 0.6 is 72.8 Å². The maximum absolute atomic E-state index is 14.3. The van der Waals surface area contributed by atoms with E-state index < -0.39 is 0 Å². The fraction of sp³-hybridized carbons (Fsp3) is 0.761. The van der Waals surface area contributed by atoms with Crippen LogP contribution in [0.1, 0.15) is 230 Å². The van der Waals surface area contributed by atoms with Crippen LogP contribution in [0, 0.1) is 94.4 Å². The quantitative estimate of drug-likeness (QED) is 0.0304. The maximum atomic E-state index is 14.3. The largest absolute Gasteiger partial charge is 0.368 e. The molecule has 16 nitrogen and oxygen atoms in total. The number of thioether (sulfide) groups is 1. The van der Waals surface area contributed by atoms with Gasteiger partial charge in [-0.05, 0) is 230 Å². The number of aromatic nitrogens is 10. The first kappa shape index (κ1) is 69.6. The van der Waals surface area contributed by atoms with Crippen LogP contribution in [0.4, 0.5) is 23.5 Å². The molecule has 0 aromatic carbocycles. The van der Waals surface area contributed by atoms with E-state index in [9.17, 15) is 9.59 Å². The van der Waals surface area contributed by atoms with Gasteiger partial charge in [0.1, 0.15) is 11.6 Å². The van der Waals surface area contributed by atoms with Crippen molar-refractivity contribution >= 4 is 107 Å². The summed E-state index contributed by atoms with van der Waals surface area (Å²) in [4.78, 5) is 35.2.